The molecule has 2 aromatic rings. The van der Waals surface area contributed by atoms with Crippen molar-refractivity contribution < 1.29 is 31.1 Å². The highest BCUT2D eigenvalue weighted by atomic mass is 35.5. The number of rotatable bonds is 8. The number of nitrogens with zero attached hydrogens (tertiary/aromatic N) is 2. The van der Waals surface area contributed by atoms with Crippen molar-refractivity contribution in [3.63, 3.8) is 0 Å². The second kappa shape index (κ2) is 11.0. The summed E-state index contributed by atoms with van der Waals surface area (Å²) in [6.45, 7) is 0. The molecule has 0 bridgehead atoms. The number of nitrogens with one attached hydrogen (secondary N) is 4. The summed E-state index contributed by atoms with van der Waals surface area (Å²) in [5, 5.41) is 8.06. The summed E-state index contributed by atoms with van der Waals surface area (Å²) in [6, 6.07) is 1.52. The van der Waals surface area contributed by atoms with Gasteiger partial charge in [0.2, 0.25) is 16.0 Å². The minimum atomic E-state index is -4.76. The Bertz CT molecular complexity index is 1230. The molecule has 1 heterocycles. The summed E-state index contributed by atoms with van der Waals surface area (Å²) in [7, 11) is -0.789. The maximum Gasteiger partial charge on any atom is 0.421 e. The first-order valence-corrected chi connectivity index (χ1v) is 13.1. The Balaban J connectivity index is 1.96. The summed E-state index contributed by atoms with van der Waals surface area (Å²) in [6.07, 6.45) is -0.763. The summed E-state index contributed by atoms with van der Waals surface area (Å²) in [4.78, 5) is 19.8. The highest BCUT2D eigenvalue weighted by molar-refractivity contribution is 7.88. The van der Waals surface area contributed by atoms with Crippen molar-refractivity contribution in [2.45, 2.75) is 43.9 Å². The van der Waals surface area contributed by atoms with Crippen LogP contribution in [-0.2, 0) is 16.2 Å². The Morgan fingerprint density at radius 3 is 2.44 bits per heavy atom. The molecule has 3 rings (SSSR count). The van der Waals surface area contributed by atoms with Gasteiger partial charge in [0.25, 0.3) is 5.91 Å². The average molecular weight is 551 g/mol. The van der Waals surface area contributed by atoms with E-state index in [1.54, 1.807) is 0 Å². The van der Waals surface area contributed by atoms with Crippen molar-refractivity contribution in [3.8, 4) is 5.75 Å². The third-order valence-corrected chi connectivity index (χ3v) is 6.60. The average Bonchev–Trinajstić information content (AvgIpc) is 2.78. The molecule has 1 saturated carbocycles. The van der Waals surface area contributed by atoms with Gasteiger partial charge in [0.1, 0.15) is 17.1 Å². The van der Waals surface area contributed by atoms with E-state index in [2.05, 4.69) is 30.6 Å². The van der Waals surface area contributed by atoms with Crippen LogP contribution >= 0.6 is 11.6 Å². The van der Waals surface area contributed by atoms with Crippen LogP contribution in [0.1, 0.15) is 41.6 Å². The van der Waals surface area contributed by atoms with Gasteiger partial charge < -0.3 is 20.7 Å². The van der Waals surface area contributed by atoms with E-state index in [9.17, 15) is 26.4 Å². The molecule has 1 aliphatic carbocycles. The molecule has 198 valence electrons. The van der Waals surface area contributed by atoms with E-state index in [0.717, 1.165) is 12.7 Å². The first kappa shape index (κ1) is 27.7. The number of methoxy groups -OCH3 is 1. The Kier molecular flexibility index (Phi) is 8.52. The van der Waals surface area contributed by atoms with Gasteiger partial charge in [-0.3, -0.25) is 4.79 Å². The maximum absolute atomic E-state index is 13.7. The highest BCUT2D eigenvalue weighted by Gasteiger charge is 2.37. The number of benzene rings is 1. The second-order valence-electron chi connectivity index (χ2n) is 8.22. The van der Waals surface area contributed by atoms with Gasteiger partial charge in [0.15, 0.2) is 0 Å². The van der Waals surface area contributed by atoms with Crippen LogP contribution < -0.4 is 25.4 Å². The fraction of sp³-hybridized carbons (Fsp3) is 0.476. The molecule has 1 aromatic heterocycles. The zero-order chi connectivity index (χ0) is 26.7. The van der Waals surface area contributed by atoms with E-state index in [1.807, 2.05) is 0 Å². The molecular formula is C21H26ClF3N6O4S. The van der Waals surface area contributed by atoms with Gasteiger partial charge in [0, 0.05) is 25.3 Å². The van der Waals surface area contributed by atoms with Crippen LogP contribution in [0.15, 0.2) is 18.3 Å². The monoisotopic (exact) mass is 550 g/mol. The van der Waals surface area contributed by atoms with Gasteiger partial charge in [-0.05, 0) is 25.0 Å². The number of carbonyl (C=O) groups is 1. The molecule has 4 N–H and O–H groups in total. The SMILES string of the molecule is CNC(=O)c1cc(OC)c(Nc2ncc(C(F)(F)F)c(N[C@@H]3CCCC[C@H]3NS(C)(=O)=O)n2)cc1Cl. The quantitative estimate of drug-likeness (QED) is 0.392. The van der Waals surface area contributed by atoms with E-state index < -0.39 is 45.6 Å². The molecule has 15 heteroatoms. The summed E-state index contributed by atoms with van der Waals surface area (Å²) in [5.41, 5.74) is -0.745. The molecule has 1 amide bonds. The van der Waals surface area contributed by atoms with Crippen molar-refractivity contribution in [2.75, 3.05) is 31.0 Å². The first-order valence-electron chi connectivity index (χ1n) is 10.9. The van der Waals surface area contributed by atoms with Gasteiger partial charge in [-0.2, -0.15) is 18.2 Å². The molecule has 10 nitrogen and oxygen atoms in total. The maximum atomic E-state index is 13.7. The van der Waals surface area contributed by atoms with E-state index >= 15 is 0 Å². The normalized spacial score (nSPS) is 18.4. The molecule has 0 saturated heterocycles. The highest BCUT2D eigenvalue weighted by Crippen LogP contribution is 2.37. The van der Waals surface area contributed by atoms with Crippen molar-refractivity contribution in [1.29, 1.82) is 0 Å². The number of amides is 1. The fourth-order valence-corrected chi connectivity index (χ4v) is 4.99. The van der Waals surface area contributed by atoms with Gasteiger partial charge in [-0.15, -0.1) is 0 Å². The molecular weight excluding hydrogens is 525 g/mol. The first-order chi connectivity index (χ1) is 16.8. The van der Waals surface area contributed by atoms with Gasteiger partial charge >= 0.3 is 6.18 Å². The fourth-order valence-electron chi connectivity index (χ4n) is 3.90. The zero-order valence-corrected chi connectivity index (χ0v) is 21.2. The minimum absolute atomic E-state index is 0.0693. The molecule has 2 atom stereocenters. The third kappa shape index (κ3) is 6.89. The number of alkyl halides is 3. The molecule has 1 fully saturated rings. The van der Waals surface area contributed by atoms with Crippen LogP contribution in [0.5, 0.6) is 5.75 Å². The lowest BCUT2D eigenvalue weighted by Gasteiger charge is -2.33. The smallest absolute Gasteiger partial charge is 0.421 e. The van der Waals surface area contributed by atoms with Crippen molar-refractivity contribution >= 4 is 45.0 Å². The van der Waals surface area contributed by atoms with E-state index in [1.165, 1.54) is 26.3 Å². The Hall–Kier alpha value is -2.84. The van der Waals surface area contributed by atoms with Crippen LogP contribution in [0.4, 0.5) is 30.6 Å². The third-order valence-electron chi connectivity index (χ3n) is 5.56. The van der Waals surface area contributed by atoms with E-state index in [0.29, 0.717) is 25.5 Å². The largest absolute Gasteiger partial charge is 0.495 e. The molecule has 0 spiro atoms. The molecule has 0 radical (unpaired) electrons. The number of ether oxygens (including phenoxy) is 1. The molecule has 0 aliphatic heterocycles. The second-order valence-corrected chi connectivity index (χ2v) is 10.4. The summed E-state index contributed by atoms with van der Waals surface area (Å²) < 4.78 is 72.5. The summed E-state index contributed by atoms with van der Waals surface area (Å²) in [5.74, 6) is -0.970. The number of carbonyl (C=O) groups excluding carboxylic acids is 1. The van der Waals surface area contributed by atoms with Gasteiger partial charge in [0.05, 0.1) is 29.6 Å². The predicted octanol–water partition coefficient (Wildman–Crippen LogP) is 3.53. The predicted molar refractivity (Wildman–Crippen MR) is 129 cm³/mol. The number of aromatic nitrogens is 2. The Morgan fingerprint density at radius 1 is 1.19 bits per heavy atom. The number of hydrogen-bond acceptors (Lipinski definition) is 8. The molecule has 0 unspecified atom stereocenters. The molecule has 1 aromatic carbocycles. The van der Waals surface area contributed by atoms with Gasteiger partial charge in [-0.25, -0.2) is 18.1 Å². The number of sulfonamides is 1. The van der Waals surface area contributed by atoms with Crippen molar-refractivity contribution in [1.82, 2.24) is 20.0 Å². The zero-order valence-electron chi connectivity index (χ0n) is 19.7. The van der Waals surface area contributed by atoms with Crippen molar-refractivity contribution in [2.24, 2.45) is 0 Å². The number of anilines is 3. The Labute approximate surface area is 211 Å². The lowest BCUT2D eigenvalue weighted by molar-refractivity contribution is -0.137. The lowest BCUT2D eigenvalue weighted by Crippen LogP contribution is -2.48. The summed E-state index contributed by atoms with van der Waals surface area (Å²) >= 11 is 6.20. The topological polar surface area (TPSA) is 134 Å². The van der Waals surface area contributed by atoms with Crippen molar-refractivity contribution in [3.05, 3.63) is 34.5 Å². The van der Waals surface area contributed by atoms with E-state index in [-0.39, 0.29) is 28.0 Å². The van der Waals surface area contributed by atoms with Crippen LogP contribution in [-0.4, -0.2) is 56.8 Å². The van der Waals surface area contributed by atoms with Crippen LogP contribution in [0.3, 0.4) is 0 Å². The Morgan fingerprint density at radius 2 is 1.86 bits per heavy atom. The number of halogens is 4. The molecule has 1 aliphatic rings. The van der Waals surface area contributed by atoms with Crippen LogP contribution in [0.25, 0.3) is 0 Å². The van der Waals surface area contributed by atoms with E-state index in [4.69, 9.17) is 16.3 Å². The lowest BCUT2D eigenvalue weighted by atomic mass is 9.91. The molecule has 36 heavy (non-hydrogen) atoms. The van der Waals surface area contributed by atoms with Gasteiger partial charge in [-0.1, -0.05) is 24.4 Å². The minimum Gasteiger partial charge on any atom is -0.495 e. The van der Waals surface area contributed by atoms with Crippen LogP contribution in [0, 0.1) is 0 Å². The standard InChI is InChI=1S/C21H26ClF3N6O4S/c1-26-19(32)11-8-17(35-2)16(9-13(11)22)29-20-27-10-12(21(23,24)25)18(30-20)28-14-6-4-5-7-15(14)31-36(3,33)34/h8-10,14-15,31H,4-7H2,1-3H3,(H,26,32)(H2,27,28,29,30)/t14-,15-/m1/s1. The number of hydrogen-bond donors (Lipinski definition) is 4. The van der Waals surface area contributed by atoms with Crippen LogP contribution in [0.2, 0.25) is 5.02 Å².